The molecule has 0 saturated carbocycles. The molecular weight excluding hydrogens is 793 g/mol. The number of aliphatic hydroxyl groups is 1. The summed E-state index contributed by atoms with van der Waals surface area (Å²) >= 11 is 0. The Morgan fingerprint density at radius 1 is 0.800 bits per heavy atom. The van der Waals surface area contributed by atoms with E-state index in [1.807, 2.05) is 58.2 Å². The molecule has 5 aromatic rings. The van der Waals surface area contributed by atoms with Crippen molar-refractivity contribution in [2.45, 2.75) is 79.6 Å². The van der Waals surface area contributed by atoms with Crippen molar-refractivity contribution in [3.05, 3.63) is 132 Å². The third-order valence-electron chi connectivity index (χ3n) is 9.25. The van der Waals surface area contributed by atoms with E-state index < -0.39 is 0 Å². The average Bonchev–Trinajstić information content (AvgIpc) is 3.12. The molecule has 0 amide bonds. The van der Waals surface area contributed by atoms with Gasteiger partial charge < -0.3 is 5.11 Å². The van der Waals surface area contributed by atoms with E-state index in [2.05, 4.69) is 98.4 Å². The van der Waals surface area contributed by atoms with Gasteiger partial charge in [0.1, 0.15) is 0 Å². The van der Waals surface area contributed by atoms with Crippen LogP contribution in [0.3, 0.4) is 0 Å². The second-order valence-corrected chi connectivity index (χ2v) is 13.6. The first-order valence-corrected chi connectivity index (χ1v) is 17.5. The molecule has 1 heterocycles. The van der Waals surface area contributed by atoms with Crippen LogP contribution in [0.15, 0.2) is 109 Å². The summed E-state index contributed by atoms with van der Waals surface area (Å²) in [5.41, 5.74) is 8.42. The first-order chi connectivity index (χ1) is 23.5. The van der Waals surface area contributed by atoms with Gasteiger partial charge >= 0.3 is 0 Å². The van der Waals surface area contributed by atoms with Gasteiger partial charge in [-0.1, -0.05) is 132 Å². The van der Waals surface area contributed by atoms with Crippen molar-refractivity contribution in [1.82, 2.24) is 4.98 Å². The zero-order valence-corrected chi connectivity index (χ0v) is 32.8. The topological polar surface area (TPSA) is 54.5 Å². The number of rotatable bonds is 10. The Hall–Kier alpha value is -4.36. The number of nitrogens with zero attached hydrogens (tertiary/aromatic N) is 2. The summed E-state index contributed by atoms with van der Waals surface area (Å²) < 4.78 is 0. The van der Waals surface area contributed by atoms with Crippen LogP contribution in [0.5, 0.6) is 0 Å². The van der Waals surface area contributed by atoms with Gasteiger partial charge in [-0.15, -0.1) is 29.1 Å². The summed E-state index contributed by atoms with van der Waals surface area (Å²) in [6.07, 6.45) is 6.78. The third kappa shape index (κ3) is 10.1. The van der Waals surface area contributed by atoms with Crippen LogP contribution in [0.25, 0.3) is 49.1 Å². The van der Waals surface area contributed by atoms with Crippen molar-refractivity contribution in [3.8, 4) is 33.5 Å². The minimum absolute atomic E-state index is 0. The zero-order valence-electron chi connectivity index (χ0n) is 30.4. The predicted octanol–water partition coefficient (Wildman–Crippen LogP) is 12.8. The number of hydrogen-bond acceptors (Lipinski definition) is 3. The summed E-state index contributed by atoms with van der Waals surface area (Å²) in [5.74, 6) is 0.547. The second kappa shape index (κ2) is 18.6. The first-order valence-electron chi connectivity index (χ1n) is 17.5. The van der Waals surface area contributed by atoms with Crippen molar-refractivity contribution >= 4 is 22.2 Å². The number of fused-ring (bicyclic) bond motifs is 1. The molecule has 0 saturated heterocycles. The molecule has 4 nitrogen and oxygen atoms in total. The number of allylic oxidation sites excluding steroid dienone is 2. The normalized spacial score (nSPS) is 11.5. The Morgan fingerprint density at radius 2 is 1.34 bits per heavy atom. The van der Waals surface area contributed by atoms with E-state index in [-0.39, 0.29) is 48.9 Å². The number of ketones is 1. The molecule has 1 radical (unpaired) electrons. The van der Waals surface area contributed by atoms with Crippen molar-refractivity contribution < 1.29 is 30.0 Å². The number of carbonyl (C=O) groups excluding carboxylic acids is 1. The molecule has 261 valence electrons. The van der Waals surface area contributed by atoms with Crippen LogP contribution < -0.4 is 0 Å². The average molecular weight is 842 g/mol. The summed E-state index contributed by atoms with van der Waals surface area (Å²) in [4.78, 5) is 19.9. The second-order valence-electron chi connectivity index (χ2n) is 13.6. The molecule has 0 spiro atoms. The van der Waals surface area contributed by atoms with E-state index in [1.165, 1.54) is 17.0 Å². The molecule has 5 rings (SSSR count). The zero-order chi connectivity index (χ0) is 35.6. The first kappa shape index (κ1) is 40.1. The van der Waals surface area contributed by atoms with E-state index >= 15 is 0 Å². The smallest absolute Gasteiger partial charge is 0.187 e. The summed E-state index contributed by atoms with van der Waals surface area (Å²) in [5, 5.41) is 12.1. The van der Waals surface area contributed by atoms with Gasteiger partial charge in [0.25, 0.3) is 0 Å². The van der Waals surface area contributed by atoms with E-state index in [0.717, 1.165) is 64.6 Å². The van der Waals surface area contributed by atoms with Crippen LogP contribution in [-0.4, -0.2) is 15.9 Å². The summed E-state index contributed by atoms with van der Waals surface area (Å²) in [6, 6.07) is 34.7. The minimum Gasteiger partial charge on any atom is -0.512 e. The summed E-state index contributed by atoms with van der Waals surface area (Å²) in [6.45, 7) is 21.9. The number of pyridine rings is 1. The molecule has 1 aromatic heterocycles. The van der Waals surface area contributed by atoms with Gasteiger partial charge in [0.05, 0.1) is 12.3 Å². The van der Waals surface area contributed by atoms with Crippen LogP contribution in [-0.2, 0) is 30.3 Å². The minimum atomic E-state index is 0. The maximum absolute atomic E-state index is 11.7. The quantitative estimate of drug-likeness (QED) is 0.0866. The fraction of sp³-hybridized carbons (Fsp3) is 0.311. The third-order valence-corrected chi connectivity index (χ3v) is 9.25. The number of benzene rings is 4. The predicted molar refractivity (Wildman–Crippen MR) is 206 cm³/mol. The van der Waals surface area contributed by atoms with Gasteiger partial charge in [0.2, 0.25) is 0 Å². The van der Waals surface area contributed by atoms with E-state index in [0.29, 0.717) is 5.69 Å². The number of carbonyl (C=O) groups is 1. The molecule has 0 aliphatic carbocycles. The van der Waals surface area contributed by atoms with Gasteiger partial charge in [-0.2, -0.15) is 0 Å². The number of hydrogen-bond donors (Lipinski definition) is 1. The van der Waals surface area contributed by atoms with Crippen LogP contribution in [0.1, 0.15) is 79.7 Å². The van der Waals surface area contributed by atoms with Crippen LogP contribution in [0, 0.1) is 24.5 Å². The van der Waals surface area contributed by atoms with E-state index in [1.54, 1.807) is 0 Å². The standard InChI is InChI=1S/C32H25N2.C13H24O2.Ir/c1-32(2,3)30-20-27(19-26-7-5-6-8-29(26)30)31-21-25(17-18-34-31)24-11-9-22(10-12-24)23-13-15-28(33-4)16-14-23;1-5-10(6-2)12(14)9-13(15)11(7-3)8-4;/h5-18,20-21H,1-3H3;9-11,14H,5-8H2,1-4H3;/q-1;;/b;12-9-;. The molecule has 0 aliphatic rings. The Balaban J connectivity index is 0.000000361. The van der Waals surface area contributed by atoms with Crippen LogP contribution in [0.2, 0.25) is 0 Å². The monoisotopic (exact) mass is 842 g/mol. The SMILES string of the molecule is CCC(CC)C(=O)/C=C(\O)C(CC)CC.[C-]#[N+]c1ccc(-c2ccc(-c3ccnc(-c4[c-]c5ccccc5c(C(C)(C)C)c4)c3)cc2)cc1.[Ir]. The Morgan fingerprint density at radius 3 is 1.88 bits per heavy atom. The molecule has 50 heavy (non-hydrogen) atoms. The molecule has 1 N–H and O–H groups in total. The van der Waals surface area contributed by atoms with E-state index in [9.17, 15) is 9.90 Å². The molecule has 0 fully saturated rings. The van der Waals surface area contributed by atoms with Crippen molar-refractivity contribution in [3.63, 3.8) is 0 Å². The Kier molecular flexibility index (Phi) is 14.9. The van der Waals surface area contributed by atoms with Gasteiger partial charge in [-0.05, 0) is 59.4 Å². The molecule has 0 unspecified atom stereocenters. The Bertz CT molecular complexity index is 1920. The van der Waals surface area contributed by atoms with Crippen molar-refractivity contribution in [2.75, 3.05) is 0 Å². The number of aliphatic hydroxyl groups excluding tert-OH is 1. The maximum atomic E-state index is 11.7. The fourth-order valence-electron chi connectivity index (χ4n) is 6.11. The molecule has 0 bridgehead atoms. The molecule has 4 aromatic carbocycles. The van der Waals surface area contributed by atoms with Crippen LogP contribution in [0.4, 0.5) is 5.69 Å². The van der Waals surface area contributed by atoms with Gasteiger partial charge in [-0.25, -0.2) is 4.85 Å². The fourth-order valence-corrected chi connectivity index (χ4v) is 6.11. The van der Waals surface area contributed by atoms with Gasteiger partial charge in [-0.3, -0.25) is 9.78 Å². The molecule has 0 atom stereocenters. The van der Waals surface area contributed by atoms with Crippen molar-refractivity contribution in [2.24, 2.45) is 11.8 Å². The number of aromatic nitrogens is 1. The van der Waals surface area contributed by atoms with Crippen molar-refractivity contribution in [1.29, 1.82) is 0 Å². The molecular formula is C45H49IrN2O2-. The largest absolute Gasteiger partial charge is 0.512 e. The van der Waals surface area contributed by atoms with Crippen LogP contribution >= 0.6 is 0 Å². The van der Waals surface area contributed by atoms with E-state index in [4.69, 9.17) is 11.6 Å². The summed E-state index contributed by atoms with van der Waals surface area (Å²) in [7, 11) is 0. The molecule has 5 heteroatoms. The Labute approximate surface area is 312 Å². The van der Waals surface area contributed by atoms with Gasteiger partial charge in [0.15, 0.2) is 11.5 Å². The molecule has 0 aliphatic heterocycles. The maximum Gasteiger partial charge on any atom is 0.187 e. The van der Waals surface area contributed by atoms with Gasteiger partial charge in [0, 0.05) is 49.9 Å².